The number of anilines is 1. The highest BCUT2D eigenvalue weighted by molar-refractivity contribution is 14.1. The molecule has 0 saturated carbocycles. The van der Waals surface area contributed by atoms with Gasteiger partial charge in [0.15, 0.2) is 0 Å². The predicted molar refractivity (Wildman–Crippen MR) is 79.4 cm³/mol. The van der Waals surface area contributed by atoms with Crippen molar-refractivity contribution in [2.24, 2.45) is 0 Å². The molecule has 0 bridgehead atoms. The van der Waals surface area contributed by atoms with Crippen LogP contribution in [-0.4, -0.2) is 26.1 Å². The second-order valence-electron chi connectivity index (χ2n) is 4.24. The molecule has 4 nitrogen and oxygen atoms in total. The molecule has 1 saturated heterocycles. The minimum absolute atomic E-state index is 0.0444. The van der Waals surface area contributed by atoms with Gasteiger partial charge in [0, 0.05) is 32.9 Å². The quantitative estimate of drug-likeness (QED) is 0.566. The van der Waals surface area contributed by atoms with E-state index >= 15 is 0 Å². The Morgan fingerprint density at radius 2 is 2.11 bits per heavy atom. The summed E-state index contributed by atoms with van der Waals surface area (Å²) in [7, 11) is 1.63. The van der Waals surface area contributed by atoms with E-state index in [0.717, 1.165) is 14.8 Å². The lowest BCUT2D eigenvalue weighted by molar-refractivity contribution is -0.117. The van der Waals surface area contributed by atoms with E-state index in [1.165, 1.54) is 4.90 Å². The molecule has 0 radical (unpaired) electrons. The van der Waals surface area contributed by atoms with Gasteiger partial charge in [-0.05, 0) is 53.3 Å². The van der Waals surface area contributed by atoms with Gasteiger partial charge < -0.3 is 4.90 Å². The fraction of sp³-hybridized carbons (Fsp3) is 0.364. The Labute approximate surface area is 124 Å². The first-order valence-electron chi connectivity index (χ1n) is 5.29. The standard InChI is InChI=1S/C11H11ClINO3S/c1-7-4-8(13)2-3-10(7)14-6-9(5-11(14)15)18(12,16)17/h2-4,9H,5-6H2,1H3. The van der Waals surface area contributed by atoms with Gasteiger partial charge in [0.2, 0.25) is 15.0 Å². The van der Waals surface area contributed by atoms with Gasteiger partial charge in [-0.15, -0.1) is 0 Å². The topological polar surface area (TPSA) is 54.5 Å². The average molecular weight is 400 g/mol. The van der Waals surface area contributed by atoms with E-state index in [9.17, 15) is 13.2 Å². The summed E-state index contributed by atoms with van der Waals surface area (Å²) in [5, 5.41) is -0.814. The van der Waals surface area contributed by atoms with E-state index in [0.29, 0.717) is 0 Å². The van der Waals surface area contributed by atoms with Crippen molar-refractivity contribution in [3.05, 3.63) is 27.3 Å². The lowest BCUT2D eigenvalue weighted by atomic mass is 10.2. The lowest BCUT2D eigenvalue weighted by Gasteiger charge is -2.18. The number of amides is 1. The molecule has 1 fully saturated rings. The number of nitrogens with zero attached hydrogens (tertiary/aromatic N) is 1. The highest BCUT2D eigenvalue weighted by atomic mass is 127. The maximum Gasteiger partial charge on any atom is 0.237 e. The van der Waals surface area contributed by atoms with Crippen LogP contribution in [0.5, 0.6) is 0 Å². The molecule has 1 aromatic rings. The normalized spacial score (nSPS) is 20.5. The highest BCUT2D eigenvalue weighted by Gasteiger charge is 2.38. The van der Waals surface area contributed by atoms with Crippen LogP contribution < -0.4 is 4.90 Å². The van der Waals surface area contributed by atoms with Crippen molar-refractivity contribution >= 4 is 53.9 Å². The monoisotopic (exact) mass is 399 g/mol. The number of carbonyl (C=O) groups excluding carboxylic acids is 1. The van der Waals surface area contributed by atoms with Gasteiger partial charge in [-0.3, -0.25) is 4.79 Å². The van der Waals surface area contributed by atoms with Crippen molar-refractivity contribution in [1.82, 2.24) is 0 Å². The summed E-state index contributed by atoms with van der Waals surface area (Å²) < 4.78 is 23.6. The van der Waals surface area contributed by atoms with Gasteiger partial charge in [0.05, 0.1) is 0 Å². The van der Waals surface area contributed by atoms with Crippen molar-refractivity contribution in [2.75, 3.05) is 11.4 Å². The molecule has 98 valence electrons. The second kappa shape index (κ2) is 4.97. The summed E-state index contributed by atoms with van der Waals surface area (Å²) in [6.07, 6.45) is -0.0444. The molecule has 1 unspecified atom stereocenters. The number of carbonyl (C=O) groups is 1. The minimum atomic E-state index is -3.69. The molecule has 0 spiro atoms. The highest BCUT2D eigenvalue weighted by Crippen LogP contribution is 2.29. The Balaban J connectivity index is 2.33. The molecule has 0 aliphatic carbocycles. The lowest BCUT2D eigenvalue weighted by Crippen LogP contribution is -2.27. The van der Waals surface area contributed by atoms with Gasteiger partial charge >= 0.3 is 0 Å². The smallest absolute Gasteiger partial charge is 0.237 e. The molecule has 1 aliphatic rings. The molecular weight excluding hydrogens is 389 g/mol. The zero-order chi connectivity index (χ0) is 13.5. The van der Waals surface area contributed by atoms with Gasteiger partial charge in [-0.1, -0.05) is 0 Å². The Morgan fingerprint density at radius 3 is 2.61 bits per heavy atom. The number of halogens is 2. The van der Waals surface area contributed by atoms with Gasteiger partial charge in [0.25, 0.3) is 0 Å². The van der Waals surface area contributed by atoms with Crippen molar-refractivity contribution in [3.8, 4) is 0 Å². The summed E-state index contributed by atoms with van der Waals surface area (Å²) in [6.45, 7) is 2.03. The Kier molecular flexibility index (Phi) is 3.89. The van der Waals surface area contributed by atoms with Crippen molar-refractivity contribution in [1.29, 1.82) is 0 Å². The van der Waals surface area contributed by atoms with Crippen LogP contribution in [0.3, 0.4) is 0 Å². The minimum Gasteiger partial charge on any atom is -0.311 e. The molecule has 18 heavy (non-hydrogen) atoms. The molecule has 0 aromatic heterocycles. The first kappa shape index (κ1) is 14.1. The fourth-order valence-electron chi connectivity index (χ4n) is 2.02. The molecule has 0 N–H and O–H groups in total. The molecule has 1 atom stereocenters. The summed E-state index contributed by atoms with van der Waals surface area (Å²) in [5.41, 5.74) is 1.70. The predicted octanol–water partition coefficient (Wildman–Crippen LogP) is 2.27. The average Bonchev–Trinajstić information content (AvgIpc) is 2.60. The van der Waals surface area contributed by atoms with Crippen LogP contribution in [0.25, 0.3) is 0 Å². The van der Waals surface area contributed by atoms with E-state index in [4.69, 9.17) is 10.7 Å². The summed E-state index contributed by atoms with van der Waals surface area (Å²) in [5.74, 6) is -0.200. The first-order chi connectivity index (χ1) is 8.29. The van der Waals surface area contributed by atoms with Crippen LogP contribution in [0.4, 0.5) is 5.69 Å². The molecule has 1 aromatic carbocycles. The Bertz CT molecular complexity index is 602. The molecule has 2 rings (SSSR count). The van der Waals surface area contributed by atoms with E-state index in [1.807, 2.05) is 25.1 Å². The molecule has 1 heterocycles. The maximum atomic E-state index is 11.9. The number of rotatable bonds is 2. The zero-order valence-electron chi connectivity index (χ0n) is 9.56. The summed E-state index contributed by atoms with van der Waals surface area (Å²) in [6, 6.07) is 5.67. The van der Waals surface area contributed by atoms with Gasteiger partial charge in [-0.2, -0.15) is 0 Å². The van der Waals surface area contributed by atoms with E-state index in [2.05, 4.69) is 22.6 Å². The van der Waals surface area contributed by atoms with Crippen LogP contribution >= 0.6 is 33.3 Å². The van der Waals surface area contributed by atoms with Crippen molar-refractivity contribution in [2.45, 2.75) is 18.6 Å². The Hall–Kier alpha value is -0.340. The van der Waals surface area contributed by atoms with Crippen LogP contribution in [0.15, 0.2) is 18.2 Å². The summed E-state index contributed by atoms with van der Waals surface area (Å²) in [4.78, 5) is 13.4. The third kappa shape index (κ3) is 2.80. The number of hydrogen-bond donors (Lipinski definition) is 0. The van der Waals surface area contributed by atoms with E-state index in [1.54, 1.807) is 0 Å². The number of aryl methyl sites for hydroxylation is 1. The molecule has 1 aliphatic heterocycles. The van der Waals surface area contributed by atoms with Crippen LogP contribution in [0.2, 0.25) is 0 Å². The largest absolute Gasteiger partial charge is 0.311 e. The third-order valence-electron chi connectivity index (χ3n) is 2.94. The Morgan fingerprint density at radius 1 is 1.44 bits per heavy atom. The zero-order valence-corrected chi connectivity index (χ0v) is 13.3. The van der Waals surface area contributed by atoms with Crippen LogP contribution in [-0.2, 0) is 13.8 Å². The second-order valence-corrected chi connectivity index (χ2v) is 8.39. The van der Waals surface area contributed by atoms with Crippen LogP contribution in [0.1, 0.15) is 12.0 Å². The molecule has 7 heteroatoms. The first-order valence-corrected chi connectivity index (χ1v) is 8.74. The van der Waals surface area contributed by atoms with E-state index in [-0.39, 0.29) is 18.9 Å². The van der Waals surface area contributed by atoms with E-state index < -0.39 is 14.3 Å². The van der Waals surface area contributed by atoms with Gasteiger partial charge in [-0.25, -0.2) is 8.42 Å². The SMILES string of the molecule is Cc1cc(I)ccc1N1CC(S(=O)(=O)Cl)CC1=O. The van der Waals surface area contributed by atoms with Crippen molar-refractivity contribution in [3.63, 3.8) is 0 Å². The maximum absolute atomic E-state index is 11.9. The fourth-order valence-corrected chi connectivity index (χ4v) is 3.69. The summed E-state index contributed by atoms with van der Waals surface area (Å²) >= 11 is 2.19. The molecule has 1 amide bonds. The number of benzene rings is 1. The van der Waals surface area contributed by atoms with Crippen LogP contribution in [0, 0.1) is 10.5 Å². The third-order valence-corrected chi connectivity index (χ3v) is 5.48. The number of hydrogen-bond acceptors (Lipinski definition) is 3. The molecular formula is C11H11ClINO3S. The van der Waals surface area contributed by atoms with Crippen molar-refractivity contribution < 1.29 is 13.2 Å². The van der Waals surface area contributed by atoms with Gasteiger partial charge in [0.1, 0.15) is 5.25 Å².